The third-order valence-corrected chi connectivity index (χ3v) is 5.77. The highest BCUT2D eigenvalue weighted by Gasteiger charge is 2.28. The molecule has 1 aliphatic heterocycles. The van der Waals surface area contributed by atoms with Crippen molar-refractivity contribution in [2.24, 2.45) is 16.8 Å². The van der Waals surface area contributed by atoms with E-state index in [0.29, 0.717) is 24.7 Å². The second kappa shape index (κ2) is 7.42. The fraction of sp³-hybridized carbons (Fsp3) is 0.400. The molecule has 1 aliphatic rings. The quantitative estimate of drug-likeness (QED) is 0.419. The summed E-state index contributed by atoms with van der Waals surface area (Å²) in [7, 11) is -3.56. The lowest BCUT2D eigenvalue weighted by atomic mass is 10.0. The topological polar surface area (TPSA) is 135 Å². The maximum absolute atomic E-state index is 12.7. The summed E-state index contributed by atoms with van der Waals surface area (Å²) in [5, 5.41) is 19.7. The van der Waals surface area contributed by atoms with Gasteiger partial charge in [0.15, 0.2) is 5.84 Å². The van der Waals surface area contributed by atoms with Gasteiger partial charge in [-0.25, -0.2) is 8.42 Å². The zero-order valence-corrected chi connectivity index (χ0v) is 14.2. The van der Waals surface area contributed by atoms with Crippen LogP contribution in [0.4, 0.5) is 5.69 Å². The molecule has 0 radical (unpaired) electrons. The van der Waals surface area contributed by atoms with Crippen LogP contribution in [0.3, 0.4) is 0 Å². The van der Waals surface area contributed by atoms with E-state index in [-0.39, 0.29) is 10.6 Å². The summed E-state index contributed by atoms with van der Waals surface area (Å²) >= 11 is 0. The van der Waals surface area contributed by atoms with Crippen LogP contribution in [-0.4, -0.2) is 37.4 Å². The number of anilines is 1. The first kappa shape index (κ1) is 17.9. The SMILES string of the molecule is CC1CCN(S(=O)(=O)c2cccc(N/N=C(\C#N)C(=N)N)c2)CC1. The first-order valence-corrected chi connectivity index (χ1v) is 8.97. The molecule has 8 nitrogen and oxygen atoms in total. The number of benzene rings is 1. The molecule has 0 bridgehead atoms. The van der Waals surface area contributed by atoms with Gasteiger partial charge in [0.1, 0.15) is 6.07 Å². The van der Waals surface area contributed by atoms with E-state index in [1.165, 1.54) is 16.4 Å². The molecule has 0 spiro atoms. The van der Waals surface area contributed by atoms with E-state index < -0.39 is 15.9 Å². The number of rotatable bonds is 5. The van der Waals surface area contributed by atoms with Crippen LogP contribution in [0.1, 0.15) is 19.8 Å². The van der Waals surface area contributed by atoms with Crippen molar-refractivity contribution < 1.29 is 8.42 Å². The minimum absolute atomic E-state index is 0.165. The average molecular weight is 348 g/mol. The van der Waals surface area contributed by atoms with E-state index in [1.807, 2.05) is 0 Å². The summed E-state index contributed by atoms with van der Waals surface area (Å²) in [6.45, 7) is 3.15. The lowest BCUT2D eigenvalue weighted by Gasteiger charge is -2.29. The molecule has 0 aliphatic carbocycles. The highest BCUT2D eigenvalue weighted by Crippen LogP contribution is 2.24. The van der Waals surface area contributed by atoms with E-state index in [1.54, 1.807) is 18.2 Å². The van der Waals surface area contributed by atoms with Gasteiger partial charge in [-0.05, 0) is 37.0 Å². The molecule has 0 unspecified atom stereocenters. The van der Waals surface area contributed by atoms with E-state index in [9.17, 15) is 8.42 Å². The monoisotopic (exact) mass is 348 g/mol. The second-order valence-electron chi connectivity index (χ2n) is 5.71. The number of nitrogens with one attached hydrogen (secondary N) is 2. The summed E-state index contributed by atoms with van der Waals surface area (Å²) in [5.74, 6) is 0.0750. The molecule has 9 heteroatoms. The molecule has 0 amide bonds. The largest absolute Gasteiger partial charge is 0.382 e. The average Bonchev–Trinajstić information content (AvgIpc) is 2.56. The van der Waals surface area contributed by atoms with Crippen LogP contribution >= 0.6 is 0 Å². The number of amidine groups is 1. The molecule has 0 atom stereocenters. The van der Waals surface area contributed by atoms with Crippen LogP contribution in [0.5, 0.6) is 0 Å². The van der Waals surface area contributed by atoms with Crippen LogP contribution in [-0.2, 0) is 10.0 Å². The maximum Gasteiger partial charge on any atom is 0.243 e. The van der Waals surface area contributed by atoms with E-state index in [2.05, 4.69) is 17.5 Å². The first-order valence-electron chi connectivity index (χ1n) is 7.53. The Hall–Kier alpha value is -2.44. The van der Waals surface area contributed by atoms with Crippen molar-refractivity contribution in [3.05, 3.63) is 24.3 Å². The molecule has 2 rings (SSSR count). The summed E-state index contributed by atoms with van der Waals surface area (Å²) in [6, 6.07) is 7.88. The third kappa shape index (κ3) is 4.10. The molecule has 1 fully saturated rings. The van der Waals surface area contributed by atoms with E-state index in [4.69, 9.17) is 16.4 Å². The normalized spacial score (nSPS) is 17.2. The second-order valence-corrected chi connectivity index (χ2v) is 7.65. The highest BCUT2D eigenvalue weighted by molar-refractivity contribution is 7.89. The predicted octanol–water partition coefficient (Wildman–Crippen LogP) is 1.33. The van der Waals surface area contributed by atoms with Gasteiger partial charge in [0, 0.05) is 13.1 Å². The molecular weight excluding hydrogens is 328 g/mol. The lowest BCUT2D eigenvalue weighted by molar-refractivity contribution is 0.288. The number of hydrogen-bond donors (Lipinski definition) is 3. The Morgan fingerprint density at radius 2 is 2.12 bits per heavy atom. The van der Waals surface area contributed by atoms with Gasteiger partial charge in [0.25, 0.3) is 0 Å². The molecular formula is C15H20N6O2S. The predicted molar refractivity (Wildman–Crippen MR) is 92.2 cm³/mol. The van der Waals surface area contributed by atoms with Crippen molar-refractivity contribution in [3.8, 4) is 6.07 Å². The highest BCUT2D eigenvalue weighted by atomic mass is 32.2. The Morgan fingerprint density at radius 3 is 2.71 bits per heavy atom. The van der Waals surface area contributed by atoms with Crippen molar-refractivity contribution in [2.75, 3.05) is 18.5 Å². The summed E-state index contributed by atoms with van der Waals surface area (Å²) < 4.78 is 26.9. The number of hydrogen-bond acceptors (Lipinski definition) is 6. The summed E-state index contributed by atoms with van der Waals surface area (Å²) in [4.78, 5) is 0.165. The Balaban J connectivity index is 2.21. The van der Waals surface area contributed by atoms with Crippen molar-refractivity contribution in [2.45, 2.75) is 24.7 Å². The van der Waals surface area contributed by atoms with Gasteiger partial charge in [-0.3, -0.25) is 10.8 Å². The van der Waals surface area contributed by atoms with Crippen molar-refractivity contribution in [1.82, 2.24) is 4.31 Å². The minimum Gasteiger partial charge on any atom is -0.382 e. The van der Waals surface area contributed by atoms with Gasteiger partial charge in [-0.15, -0.1) is 0 Å². The van der Waals surface area contributed by atoms with E-state index in [0.717, 1.165) is 12.8 Å². The smallest absolute Gasteiger partial charge is 0.243 e. The number of hydrazone groups is 1. The third-order valence-electron chi connectivity index (χ3n) is 3.87. The number of nitriles is 1. The molecule has 24 heavy (non-hydrogen) atoms. The molecule has 1 aromatic carbocycles. The number of nitrogens with zero attached hydrogens (tertiary/aromatic N) is 3. The Bertz CT molecular complexity index is 788. The minimum atomic E-state index is -3.56. The van der Waals surface area contributed by atoms with Crippen molar-refractivity contribution in [3.63, 3.8) is 0 Å². The van der Waals surface area contributed by atoms with Gasteiger partial charge in [0.2, 0.25) is 15.7 Å². The van der Waals surface area contributed by atoms with Gasteiger partial charge in [-0.1, -0.05) is 13.0 Å². The zero-order valence-electron chi connectivity index (χ0n) is 13.4. The van der Waals surface area contributed by atoms with Crippen molar-refractivity contribution >= 4 is 27.3 Å². The van der Waals surface area contributed by atoms with Crippen LogP contribution in [0.15, 0.2) is 34.3 Å². The summed E-state index contributed by atoms with van der Waals surface area (Å²) in [6.07, 6.45) is 1.71. The summed E-state index contributed by atoms with van der Waals surface area (Å²) in [5.41, 5.74) is 7.90. The molecule has 0 aromatic heterocycles. The Morgan fingerprint density at radius 1 is 1.46 bits per heavy atom. The standard InChI is InChI=1S/C15H20N6O2S/c1-11-5-7-21(8-6-11)24(22,23)13-4-2-3-12(9-13)19-20-14(10-16)15(17)18/h2-4,9,11,19H,5-8H2,1H3,(H3,17,18)/b20-14+. The van der Waals surface area contributed by atoms with Gasteiger partial charge in [0.05, 0.1) is 10.6 Å². The molecule has 128 valence electrons. The molecule has 4 N–H and O–H groups in total. The van der Waals surface area contributed by atoms with E-state index >= 15 is 0 Å². The lowest BCUT2D eigenvalue weighted by Crippen LogP contribution is -2.37. The van der Waals surface area contributed by atoms with Crippen LogP contribution in [0, 0.1) is 22.7 Å². The Labute approximate surface area is 141 Å². The van der Waals surface area contributed by atoms with Crippen LogP contribution in [0.25, 0.3) is 0 Å². The van der Waals surface area contributed by atoms with Gasteiger partial charge < -0.3 is 5.73 Å². The fourth-order valence-corrected chi connectivity index (χ4v) is 3.88. The van der Waals surface area contributed by atoms with Gasteiger partial charge in [-0.2, -0.15) is 14.7 Å². The molecule has 1 saturated heterocycles. The molecule has 1 heterocycles. The fourth-order valence-electron chi connectivity index (χ4n) is 2.37. The molecule has 1 aromatic rings. The molecule has 0 saturated carbocycles. The number of piperidine rings is 1. The maximum atomic E-state index is 12.7. The number of nitrogens with two attached hydrogens (primary N) is 1. The van der Waals surface area contributed by atoms with Crippen molar-refractivity contribution in [1.29, 1.82) is 10.7 Å². The first-order chi connectivity index (χ1) is 11.3. The Kier molecular flexibility index (Phi) is 5.54. The van der Waals surface area contributed by atoms with Crippen LogP contribution < -0.4 is 11.2 Å². The zero-order chi connectivity index (χ0) is 17.7. The van der Waals surface area contributed by atoms with Gasteiger partial charge >= 0.3 is 0 Å². The van der Waals surface area contributed by atoms with Crippen LogP contribution in [0.2, 0.25) is 0 Å². The number of sulfonamides is 1.